The lowest BCUT2D eigenvalue weighted by molar-refractivity contribution is 0.0599. The number of pyridine rings is 1. The maximum absolute atomic E-state index is 12.3. The third-order valence-corrected chi connectivity index (χ3v) is 4.67. The Morgan fingerprint density at radius 2 is 2.30 bits per heavy atom. The lowest BCUT2D eigenvalue weighted by Gasteiger charge is -2.38. The van der Waals surface area contributed by atoms with Crippen LogP contribution in [0.3, 0.4) is 0 Å². The fraction of sp³-hybridized carbons (Fsp3) is 0.375. The van der Waals surface area contributed by atoms with Gasteiger partial charge in [0.25, 0.3) is 5.91 Å². The highest BCUT2D eigenvalue weighted by molar-refractivity contribution is 7.10. The smallest absolute Gasteiger partial charge is 0.254 e. The van der Waals surface area contributed by atoms with Crippen LogP contribution in [0.2, 0.25) is 0 Å². The van der Waals surface area contributed by atoms with Gasteiger partial charge < -0.3 is 4.90 Å². The van der Waals surface area contributed by atoms with Gasteiger partial charge in [0.05, 0.1) is 5.56 Å². The van der Waals surface area contributed by atoms with Gasteiger partial charge in [0.15, 0.2) is 0 Å². The van der Waals surface area contributed by atoms with E-state index in [2.05, 4.69) is 11.9 Å². The van der Waals surface area contributed by atoms with Crippen LogP contribution in [0.25, 0.3) is 0 Å². The van der Waals surface area contributed by atoms with Crippen LogP contribution >= 0.6 is 11.3 Å². The van der Waals surface area contributed by atoms with E-state index in [1.165, 1.54) is 4.88 Å². The van der Waals surface area contributed by atoms with Gasteiger partial charge in [-0.3, -0.25) is 9.78 Å². The van der Waals surface area contributed by atoms with Crippen LogP contribution in [-0.4, -0.2) is 28.9 Å². The van der Waals surface area contributed by atoms with Crippen LogP contribution in [0.1, 0.15) is 40.2 Å². The van der Waals surface area contributed by atoms with Crippen LogP contribution in [0.15, 0.2) is 35.8 Å². The fourth-order valence-corrected chi connectivity index (χ4v) is 3.47. The van der Waals surface area contributed by atoms with E-state index in [4.69, 9.17) is 0 Å². The molecule has 0 aliphatic carbocycles. The van der Waals surface area contributed by atoms with E-state index in [0.717, 1.165) is 37.2 Å². The Kier molecular flexibility index (Phi) is 3.83. The Morgan fingerprint density at radius 3 is 3.00 bits per heavy atom. The molecule has 0 radical (unpaired) electrons. The monoisotopic (exact) mass is 286 g/mol. The second kappa shape index (κ2) is 5.75. The molecule has 0 N–H and O–H groups in total. The highest BCUT2D eigenvalue weighted by Crippen LogP contribution is 2.28. The number of carbonyl (C=O) groups is 1. The molecule has 0 unspecified atom stereocenters. The first-order valence-corrected chi connectivity index (χ1v) is 7.93. The number of amides is 1. The third-order valence-electron chi connectivity index (χ3n) is 3.67. The third kappa shape index (κ3) is 2.61. The molecule has 104 valence electrons. The molecule has 0 saturated carbocycles. The van der Waals surface area contributed by atoms with Gasteiger partial charge in [-0.25, -0.2) is 0 Å². The largest absolute Gasteiger partial charge is 0.337 e. The zero-order valence-corrected chi connectivity index (χ0v) is 12.4. The van der Waals surface area contributed by atoms with Crippen molar-refractivity contribution in [1.82, 2.24) is 9.88 Å². The summed E-state index contributed by atoms with van der Waals surface area (Å²) >= 11 is 1.69. The summed E-state index contributed by atoms with van der Waals surface area (Å²) in [5, 5.41) is 1.99. The molecule has 1 aliphatic heterocycles. The minimum atomic E-state index is 0.163. The van der Waals surface area contributed by atoms with Gasteiger partial charge in [-0.05, 0) is 24.6 Å². The molecule has 1 aliphatic rings. The molecule has 20 heavy (non-hydrogen) atoms. The molecule has 3 heterocycles. The van der Waals surface area contributed by atoms with Gasteiger partial charge in [0.1, 0.15) is 0 Å². The zero-order valence-electron chi connectivity index (χ0n) is 11.6. The van der Waals surface area contributed by atoms with Crippen LogP contribution in [0.5, 0.6) is 0 Å². The maximum atomic E-state index is 12.3. The molecule has 3 nitrogen and oxygen atoms in total. The van der Waals surface area contributed by atoms with E-state index in [-0.39, 0.29) is 5.91 Å². The minimum absolute atomic E-state index is 0.163. The van der Waals surface area contributed by atoms with E-state index in [9.17, 15) is 4.79 Å². The molecule has 2 aromatic heterocycles. The highest BCUT2D eigenvalue weighted by atomic mass is 32.1. The summed E-state index contributed by atoms with van der Waals surface area (Å²) in [4.78, 5) is 19.9. The van der Waals surface area contributed by atoms with Gasteiger partial charge in [-0.15, -0.1) is 11.3 Å². The van der Waals surface area contributed by atoms with E-state index in [1.54, 1.807) is 11.3 Å². The van der Waals surface area contributed by atoms with Gasteiger partial charge >= 0.3 is 0 Å². The number of aryl methyl sites for hydroxylation is 1. The molecule has 0 spiro atoms. The molecule has 1 amide bonds. The second-order valence-corrected chi connectivity index (χ2v) is 6.21. The Morgan fingerprint density at radius 1 is 1.45 bits per heavy atom. The predicted octanol–water partition coefficient (Wildman–Crippen LogP) is 3.34. The van der Waals surface area contributed by atoms with Crippen molar-refractivity contribution >= 4 is 17.2 Å². The number of hydrogen-bond acceptors (Lipinski definition) is 3. The Hall–Kier alpha value is -1.68. The number of carbonyl (C=O) groups excluding carboxylic acids is 1. The van der Waals surface area contributed by atoms with E-state index in [0.29, 0.717) is 5.92 Å². The molecule has 1 fully saturated rings. The topological polar surface area (TPSA) is 33.2 Å². The maximum Gasteiger partial charge on any atom is 0.254 e. The molecule has 1 saturated heterocycles. The first kappa shape index (κ1) is 13.3. The minimum Gasteiger partial charge on any atom is -0.337 e. The average molecular weight is 286 g/mol. The number of likely N-dealkylation sites (tertiary alicyclic amines) is 1. The zero-order chi connectivity index (χ0) is 13.9. The summed E-state index contributed by atoms with van der Waals surface area (Å²) in [6.45, 7) is 3.73. The summed E-state index contributed by atoms with van der Waals surface area (Å²) in [7, 11) is 0. The van der Waals surface area contributed by atoms with Crippen molar-refractivity contribution in [2.75, 3.05) is 13.1 Å². The molecular weight excluding hydrogens is 268 g/mol. The van der Waals surface area contributed by atoms with E-state index < -0.39 is 0 Å². The molecule has 2 aromatic rings. The first-order chi connectivity index (χ1) is 9.78. The van der Waals surface area contributed by atoms with Gasteiger partial charge in [-0.2, -0.15) is 0 Å². The quantitative estimate of drug-likeness (QED) is 0.863. The Labute approximate surface area is 123 Å². The van der Waals surface area contributed by atoms with E-state index in [1.807, 2.05) is 40.7 Å². The number of thiophene rings is 1. The molecule has 0 aromatic carbocycles. The van der Waals surface area contributed by atoms with Gasteiger partial charge in [-0.1, -0.05) is 19.4 Å². The van der Waals surface area contributed by atoms with E-state index >= 15 is 0 Å². The molecule has 3 rings (SSSR count). The predicted molar refractivity (Wildman–Crippen MR) is 81.2 cm³/mol. The van der Waals surface area contributed by atoms with Crippen LogP contribution < -0.4 is 0 Å². The molecular formula is C16H18N2OS. The molecule has 4 heteroatoms. The first-order valence-electron chi connectivity index (χ1n) is 7.05. The molecule has 0 atom stereocenters. The summed E-state index contributed by atoms with van der Waals surface area (Å²) in [6, 6.07) is 8.01. The Bertz CT molecular complexity index is 588. The number of rotatable bonds is 4. The van der Waals surface area contributed by atoms with Crippen molar-refractivity contribution in [2.24, 2.45) is 0 Å². The highest BCUT2D eigenvalue weighted by Gasteiger charge is 2.33. The van der Waals surface area contributed by atoms with Crippen molar-refractivity contribution in [1.29, 1.82) is 0 Å². The fourth-order valence-electron chi connectivity index (χ4n) is 2.50. The lowest BCUT2D eigenvalue weighted by atomic mass is 9.95. The summed E-state index contributed by atoms with van der Waals surface area (Å²) in [5.74, 6) is 0.560. The number of aromatic nitrogens is 1. The SMILES string of the molecule is CCCc1cc(C(=O)N2CC(c3ccccn3)C2)cs1. The van der Waals surface area contributed by atoms with Crippen molar-refractivity contribution in [2.45, 2.75) is 25.7 Å². The normalized spacial score (nSPS) is 15.2. The van der Waals surface area contributed by atoms with Crippen molar-refractivity contribution in [3.63, 3.8) is 0 Å². The standard InChI is InChI=1S/C16H18N2OS/c1-2-5-14-8-12(11-20-14)16(19)18-9-13(10-18)15-6-3-4-7-17-15/h3-4,6-8,11,13H,2,5,9-10H2,1H3. The van der Waals surface area contributed by atoms with Crippen LogP contribution in [-0.2, 0) is 6.42 Å². The van der Waals surface area contributed by atoms with Crippen LogP contribution in [0.4, 0.5) is 0 Å². The van der Waals surface area contributed by atoms with Crippen molar-refractivity contribution in [3.05, 3.63) is 52.0 Å². The lowest BCUT2D eigenvalue weighted by Crippen LogP contribution is -2.48. The summed E-state index contributed by atoms with van der Waals surface area (Å²) < 4.78 is 0. The van der Waals surface area contributed by atoms with Gasteiger partial charge in [0.2, 0.25) is 0 Å². The van der Waals surface area contributed by atoms with Gasteiger partial charge in [0, 0.05) is 41.2 Å². The van der Waals surface area contributed by atoms with Crippen molar-refractivity contribution in [3.8, 4) is 0 Å². The average Bonchev–Trinajstić information content (AvgIpc) is 2.87. The summed E-state index contributed by atoms with van der Waals surface area (Å²) in [5.41, 5.74) is 1.94. The van der Waals surface area contributed by atoms with Crippen molar-refractivity contribution < 1.29 is 4.79 Å². The summed E-state index contributed by atoms with van der Waals surface area (Å²) in [6.07, 6.45) is 4.00. The number of nitrogens with zero attached hydrogens (tertiary/aromatic N) is 2. The molecule has 0 bridgehead atoms. The Balaban J connectivity index is 1.60. The van der Waals surface area contributed by atoms with Crippen LogP contribution in [0, 0.1) is 0 Å². The number of hydrogen-bond donors (Lipinski definition) is 0. The second-order valence-electron chi connectivity index (χ2n) is 5.21.